The van der Waals surface area contributed by atoms with Gasteiger partial charge < -0.3 is 9.88 Å². The van der Waals surface area contributed by atoms with E-state index in [-0.39, 0.29) is 11.8 Å². The Morgan fingerprint density at radius 3 is 2.47 bits per heavy atom. The third-order valence-corrected chi connectivity index (χ3v) is 6.60. The lowest BCUT2D eigenvalue weighted by atomic mass is 9.87. The van der Waals surface area contributed by atoms with Crippen molar-refractivity contribution in [2.45, 2.75) is 58.9 Å². The molecule has 3 nitrogen and oxygen atoms in total. The fourth-order valence-electron chi connectivity index (χ4n) is 4.73. The number of aromatic nitrogens is 1. The average Bonchev–Trinajstić information content (AvgIpc) is 3.20. The standard InChI is InChI=1S/C31H36N2O/c1-4-5-8-18-32-31(34)20-28(26-11-9-10-24(3)19-26)29-22-33(30-13-7-6-12-27(29)30)21-25-16-14-23(2)15-17-25/h6-7,9-17,19,22,28H,4-5,8,18,20-21H2,1-3H3,(H,32,34). The van der Waals surface area contributed by atoms with Crippen molar-refractivity contribution in [3.63, 3.8) is 0 Å². The minimum Gasteiger partial charge on any atom is -0.356 e. The third-order valence-electron chi connectivity index (χ3n) is 6.60. The van der Waals surface area contributed by atoms with Crippen molar-refractivity contribution < 1.29 is 4.79 Å². The Labute approximate surface area is 203 Å². The Kier molecular flexibility index (Phi) is 7.84. The van der Waals surface area contributed by atoms with Crippen LogP contribution in [0.2, 0.25) is 0 Å². The van der Waals surface area contributed by atoms with E-state index in [1.165, 1.54) is 38.7 Å². The lowest BCUT2D eigenvalue weighted by molar-refractivity contribution is -0.121. The molecule has 0 aliphatic heterocycles. The van der Waals surface area contributed by atoms with E-state index in [1.54, 1.807) is 0 Å². The number of carbonyl (C=O) groups excluding carboxylic acids is 1. The molecular formula is C31H36N2O. The van der Waals surface area contributed by atoms with Gasteiger partial charge in [0, 0.05) is 42.5 Å². The summed E-state index contributed by atoms with van der Waals surface area (Å²) >= 11 is 0. The zero-order valence-electron chi connectivity index (χ0n) is 20.7. The van der Waals surface area contributed by atoms with Gasteiger partial charge in [0.2, 0.25) is 5.91 Å². The summed E-state index contributed by atoms with van der Waals surface area (Å²) < 4.78 is 2.33. The summed E-state index contributed by atoms with van der Waals surface area (Å²) in [6, 6.07) is 25.9. The largest absolute Gasteiger partial charge is 0.356 e. The zero-order chi connectivity index (χ0) is 23.9. The van der Waals surface area contributed by atoms with Gasteiger partial charge in [0.1, 0.15) is 0 Å². The second-order valence-corrected chi connectivity index (χ2v) is 9.44. The monoisotopic (exact) mass is 452 g/mol. The molecular weight excluding hydrogens is 416 g/mol. The summed E-state index contributed by atoms with van der Waals surface area (Å²) in [5.74, 6) is 0.133. The van der Waals surface area contributed by atoms with Gasteiger partial charge in [0.25, 0.3) is 0 Å². The van der Waals surface area contributed by atoms with Crippen LogP contribution in [-0.4, -0.2) is 17.0 Å². The Morgan fingerprint density at radius 2 is 1.71 bits per heavy atom. The third kappa shape index (κ3) is 5.77. The van der Waals surface area contributed by atoms with Gasteiger partial charge in [-0.25, -0.2) is 0 Å². The van der Waals surface area contributed by atoms with Crippen LogP contribution in [0.3, 0.4) is 0 Å². The molecule has 0 aliphatic carbocycles. The number of aryl methyl sites for hydroxylation is 2. The van der Waals surface area contributed by atoms with Gasteiger partial charge in [-0.05, 0) is 43.0 Å². The fraction of sp³-hybridized carbons (Fsp3) is 0.323. The molecule has 34 heavy (non-hydrogen) atoms. The van der Waals surface area contributed by atoms with Crippen molar-refractivity contribution in [2.75, 3.05) is 6.54 Å². The summed E-state index contributed by atoms with van der Waals surface area (Å²) in [5, 5.41) is 4.38. The van der Waals surface area contributed by atoms with Crippen LogP contribution in [0.4, 0.5) is 0 Å². The number of rotatable bonds is 10. The number of hydrogen-bond donors (Lipinski definition) is 1. The topological polar surface area (TPSA) is 34.0 Å². The van der Waals surface area contributed by atoms with Gasteiger partial charge in [-0.15, -0.1) is 0 Å². The minimum atomic E-state index is 0.00948. The number of amides is 1. The van der Waals surface area contributed by atoms with E-state index in [1.807, 2.05) is 0 Å². The predicted molar refractivity (Wildman–Crippen MR) is 142 cm³/mol. The van der Waals surface area contributed by atoms with Crippen molar-refractivity contribution >= 4 is 16.8 Å². The molecule has 0 fully saturated rings. The van der Waals surface area contributed by atoms with Crippen molar-refractivity contribution in [3.8, 4) is 0 Å². The minimum absolute atomic E-state index is 0.00948. The molecule has 0 spiro atoms. The second-order valence-electron chi connectivity index (χ2n) is 9.44. The molecule has 4 aromatic rings. The molecule has 0 aliphatic rings. The highest BCUT2D eigenvalue weighted by Gasteiger charge is 2.23. The quantitative estimate of drug-likeness (QED) is 0.255. The number of carbonyl (C=O) groups is 1. The fourth-order valence-corrected chi connectivity index (χ4v) is 4.73. The first kappa shape index (κ1) is 23.8. The maximum atomic E-state index is 13.0. The molecule has 4 rings (SSSR count). The van der Waals surface area contributed by atoms with Crippen LogP contribution < -0.4 is 5.32 Å². The number of para-hydroxylation sites is 1. The van der Waals surface area contributed by atoms with E-state index >= 15 is 0 Å². The molecule has 1 unspecified atom stereocenters. The van der Waals surface area contributed by atoms with Crippen LogP contribution in [0.15, 0.2) is 79.0 Å². The van der Waals surface area contributed by atoms with Crippen LogP contribution in [0.1, 0.15) is 66.3 Å². The number of nitrogens with one attached hydrogen (secondary N) is 1. The highest BCUT2D eigenvalue weighted by atomic mass is 16.1. The summed E-state index contributed by atoms with van der Waals surface area (Å²) in [6.07, 6.45) is 6.06. The summed E-state index contributed by atoms with van der Waals surface area (Å²) in [7, 11) is 0. The summed E-state index contributed by atoms with van der Waals surface area (Å²) in [5.41, 5.74) is 7.39. The van der Waals surface area contributed by atoms with Gasteiger partial charge in [-0.3, -0.25) is 4.79 Å². The van der Waals surface area contributed by atoms with Gasteiger partial charge in [-0.2, -0.15) is 0 Å². The first-order chi connectivity index (χ1) is 16.5. The Bertz CT molecular complexity index is 1240. The van der Waals surface area contributed by atoms with Gasteiger partial charge >= 0.3 is 0 Å². The smallest absolute Gasteiger partial charge is 0.220 e. The number of unbranched alkanes of at least 4 members (excludes halogenated alkanes) is 2. The van der Waals surface area contributed by atoms with Gasteiger partial charge in [0.15, 0.2) is 0 Å². The molecule has 1 heterocycles. The summed E-state index contributed by atoms with van der Waals surface area (Å²) in [4.78, 5) is 13.0. The van der Waals surface area contributed by atoms with E-state index in [4.69, 9.17) is 0 Å². The van der Waals surface area contributed by atoms with Crippen LogP contribution >= 0.6 is 0 Å². The molecule has 3 aromatic carbocycles. The zero-order valence-corrected chi connectivity index (χ0v) is 20.7. The molecule has 1 amide bonds. The predicted octanol–water partition coefficient (Wildman–Crippen LogP) is 7.13. The summed E-state index contributed by atoms with van der Waals surface area (Å²) in [6.45, 7) is 7.98. The van der Waals surface area contributed by atoms with Crippen molar-refractivity contribution in [1.82, 2.24) is 9.88 Å². The molecule has 3 heteroatoms. The Balaban J connectivity index is 1.70. The van der Waals surface area contributed by atoms with E-state index in [0.717, 1.165) is 32.4 Å². The normalized spacial score (nSPS) is 12.1. The number of hydrogen-bond acceptors (Lipinski definition) is 1. The highest BCUT2D eigenvalue weighted by molar-refractivity contribution is 5.86. The molecule has 176 valence electrons. The van der Waals surface area contributed by atoms with Crippen LogP contribution in [-0.2, 0) is 11.3 Å². The molecule has 0 saturated heterocycles. The maximum absolute atomic E-state index is 13.0. The van der Waals surface area contributed by atoms with Gasteiger partial charge in [-0.1, -0.05) is 97.6 Å². The first-order valence-corrected chi connectivity index (χ1v) is 12.5. The number of benzene rings is 3. The molecule has 1 N–H and O–H groups in total. The highest BCUT2D eigenvalue weighted by Crippen LogP contribution is 2.35. The molecule has 0 radical (unpaired) electrons. The molecule has 0 bridgehead atoms. The van der Waals surface area contributed by atoms with E-state index in [0.29, 0.717) is 6.42 Å². The van der Waals surface area contributed by atoms with E-state index in [9.17, 15) is 4.79 Å². The van der Waals surface area contributed by atoms with Crippen molar-refractivity contribution in [2.24, 2.45) is 0 Å². The maximum Gasteiger partial charge on any atom is 0.220 e. The second kappa shape index (κ2) is 11.2. The number of nitrogens with zero attached hydrogens (tertiary/aromatic N) is 1. The average molecular weight is 453 g/mol. The van der Waals surface area contributed by atoms with Crippen LogP contribution in [0, 0.1) is 13.8 Å². The molecule has 0 saturated carbocycles. The SMILES string of the molecule is CCCCCNC(=O)CC(c1cccc(C)c1)c1cn(Cc2ccc(C)cc2)c2ccccc12. The Morgan fingerprint density at radius 1 is 0.912 bits per heavy atom. The van der Waals surface area contributed by atoms with E-state index < -0.39 is 0 Å². The van der Waals surface area contributed by atoms with Crippen LogP contribution in [0.25, 0.3) is 10.9 Å². The Hall–Kier alpha value is -3.33. The van der Waals surface area contributed by atoms with Crippen molar-refractivity contribution in [1.29, 1.82) is 0 Å². The van der Waals surface area contributed by atoms with E-state index in [2.05, 4.69) is 110 Å². The van der Waals surface area contributed by atoms with Crippen molar-refractivity contribution in [3.05, 3.63) is 107 Å². The van der Waals surface area contributed by atoms with Crippen LogP contribution in [0.5, 0.6) is 0 Å². The lowest BCUT2D eigenvalue weighted by Gasteiger charge is -2.18. The molecule has 1 aromatic heterocycles. The molecule has 1 atom stereocenters. The lowest BCUT2D eigenvalue weighted by Crippen LogP contribution is -2.26. The number of fused-ring (bicyclic) bond motifs is 1. The van der Waals surface area contributed by atoms with Gasteiger partial charge in [0.05, 0.1) is 0 Å². The first-order valence-electron chi connectivity index (χ1n) is 12.5.